The molecule has 21 heavy (non-hydrogen) atoms. The molecule has 0 radical (unpaired) electrons. The van der Waals surface area contributed by atoms with Gasteiger partial charge >= 0.3 is 0 Å². The molecule has 0 aliphatic heterocycles. The summed E-state index contributed by atoms with van der Waals surface area (Å²) in [5, 5.41) is 12.7. The van der Waals surface area contributed by atoms with Gasteiger partial charge in [-0.05, 0) is 18.6 Å². The van der Waals surface area contributed by atoms with E-state index in [1.165, 1.54) is 6.20 Å². The third-order valence-electron chi connectivity index (χ3n) is 3.40. The van der Waals surface area contributed by atoms with Crippen molar-refractivity contribution in [2.24, 2.45) is 16.9 Å². The van der Waals surface area contributed by atoms with Crippen LogP contribution in [-0.2, 0) is 0 Å². The van der Waals surface area contributed by atoms with E-state index >= 15 is 0 Å². The average molecular weight is 288 g/mol. The molecule has 0 aliphatic rings. The number of nitrogens with two attached hydrogens (primary N) is 2. The Balaban J connectivity index is 2.87. The molecule has 5 nitrogen and oxygen atoms in total. The van der Waals surface area contributed by atoms with E-state index in [4.69, 9.17) is 11.5 Å². The summed E-state index contributed by atoms with van der Waals surface area (Å²) in [6, 6.07) is 1.91. The first kappa shape index (κ1) is 16.6. The maximum Gasteiger partial charge on any atom is 0.0924 e. The Morgan fingerprint density at radius 3 is 2.57 bits per heavy atom. The predicted octanol–water partition coefficient (Wildman–Crippen LogP) is 2.26. The Morgan fingerprint density at radius 1 is 1.48 bits per heavy atom. The smallest absolute Gasteiger partial charge is 0.0924 e. The fourth-order valence-corrected chi connectivity index (χ4v) is 1.66. The summed E-state index contributed by atoms with van der Waals surface area (Å²) < 4.78 is 0. The van der Waals surface area contributed by atoms with E-state index in [9.17, 15) is 5.11 Å². The lowest BCUT2D eigenvalue weighted by atomic mass is 9.91. The van der Waals surface area contributed by atoms with E-state index in [-0.39, 0.29) is 5.76 Å². The molecule has 0 fully saturated rings. The Labute approximate surface area is 126 Å². The summed E-state index contributed by atoms with van der Waals surface area (Å²) in [6.07, 6.45) is 3.00. The van der Waals surface area contributed by atoms with E-state index in [1.54, 1.807) is 6.20 Å². The number of hydrogen-bond acceptors (Lipinski definition) is 5. The van der Waals surface area contributed by atoms with Crippen LogP contribution in [0.5, 0.6) is 0 Å². The van der Waals surface area contributed by atoms with Crippen LogP contribution in [0.25, 0.3) is 11.4 Å². The van der Waals surface area contributed by atoms with E-state index in [0.29, 0.717) is 17.9 Å². The number of hydrogen-bond donors (Lipinski definition) is 4. The highest BCUT2D eigenvalue weighted by atomic mass is 16.3. The minimum Gasteiger partial charge on any atom is -0.512 e. The Morgan fingerprint density at radius 2 is 2.10 bits per heavy atom. The maximum atomic E-state index is 9.53. The molecule has 0 saturated heterocycles. The summed E-state index contributed by atoms with van der Waals surface area (Å²) in [4.78, 5) is 4.37. The van der Waals surface area contributed by atoms with Crippen LogP contribution >= 0.6 is 0 Å². The quantitative estimate of drug-likeness (QED) is 0.602. The van der Waals surface area contributed by atoms with Crippen LogP contribution in [0.2, 0.25) is 0 Å². The summed E-state index contributed by atoms with van der Waals surface area (Å²) >= 11 is 0. The van der Waals surface area contributed by atoms with Crippen LogP contribution in [0.3, 0.4) is 0 Å². The third kappa shape index (κ3) is 4.02. The van der Waals surface area contributed by atoms with Crippen LogP contribution < -0.4 is 16.8 Å². The molecule has 0 aromatic carbocycles. The molecule has 0 unspecified atom stereocenters. The Hall–Kier alpha value is -2.43. The fourth-order valence-electron chi connectivity index (χ4n) is 1.66. The predicted molar refractivity (Wildman–Crippen MR) is 87.9 cm³/mol. The third-order valence-corrected chi connectivity index (χ3v) is 3.40. The standard InChI is InChI=1S/C16H24N4O/c1-10-6-13(14(18)7-17)8-19-15(10)11(2)20-9-16(4,5)12(3)21/h6-8,20-21H,2-3,9,17-18H2,1,4-5H3/b14-7-. The number of aryl methyl sites for hydroxylation is 1. The second kappa shape index (κ2) is 6.35. The highest BCUT2D eigenvalue weighted by Crippen LogP contribution is 2.23. The molecule has 6 N–H and O–H groups in total. The van der Waals surface area contributed by atoms with Crippen LogP contribution in [-0.4, -0.2) is 16.6 Å². The lowest BCUT2D eigenvalue weighted by Crippen LogP contribution is -2.30. The first-order valence-corrected chi connectivity index (χ1v) is 6.65. The first-order chi connectivity index (χ1) is 9.69. The lowest BCUT2D eigenvalue weighted by Gasteiger charge is -2.25. The molecule has 1 aromatic rings. The molecule has 5 heteroatoms. The van der Waals surface area contributed by atoms with Crippen molar-refractivity contribution in [2.75, 3.05) is 6.54 Å². The second-order valence-electron chi connectivity index (χ2n) is 5.67. The number of rotatable bonds is 6. The minimum absolute atomic E-state index is 0.128. The number of aliphatic hydroxyl groups is 1. The molecule has 0 spiro atoms. The van der Waals surface area contributed by atoms with Crippen molar-refractivity contribution in [1.29, 1.82) is 0 Å². The van der Waals surface area contributed by atoms with E-state index in [1.807, 2.05) is 26.8 Å². The molecule has 1 heterocycles. The van der Waals surface area contributed by atoms with Crippen molar-refractivity contribution < 1.29 is 5.11 Å². The van der Waals surface area contributed by atoms with E-state index in [0.717, 1.165) is 16.8 Å². The van der Waals surface area contributed by atoms with Gasteiger partial charge in [0.25, 0.3) is 0 Å². The highest BCUT2D eigenvalue weighted by molar-refractivity contribution is 5.66. The number of nitrogens with zero attached hydrogens (tertiary/aromatic N) is 1. The Kier molecular flexibility index (Phi) is 5.02. The zero-order valence-electron chi connectivity index (χ0n) is 12.9. The summed E-state index contributed by atoms with van der Waals surface area (Å²) in [6.45, 7) is 13.8. The van der Waals surface area contributed by atoms with E-state index < -0.39 is 5.41 Å². The molecule has 0 saturated carbocycles. The van der Waals surface area contributed by atoms with Crippen molar-refractivity contribution in [2.45, 2.75) is 20.8 Å². The first-order valence-electron chi connectivity index (χ1n) is 6.65. The van der Waals surface area contributed by atoms with Gasteiger partial charge < -0.3 is 21.9 Å². The molecule has 0 aliphatic carbocycles. The molecule has 0 bridgehead atoms. The summed E-state index contributed by atoms with van der Waals surface area (Å²) in [7, 11) is 0. The summed E-state index contributed by atoms with van der Waals surface area (Å²) in [5.41, 5.74) is 14.3. The van der Waals surface area contributed by atoms with Crippen molar-refractivity contribution in [3.05, 3.63) is 54.2 Å². The Bertz CT molecular complexity index is 588. The van der Waals surface area contributed by atoms with Gasteiger partial charge in [0.05, 0.1) is 22.8 Å². The van der Waals surface area contributed by atoms with Crippen molar-refractivity contribution in [1.82, 2.24) is 10.3 Å². The number of aliphatic hydroxyl groups excluding tert-OH is 1. The SMILES string of the molecule is C=C(NCC(C)(C)C(=C)O)c1ncc(/C(N)=C/N)cc1C. The van der Waals surface area contributed by atoms with Gasteiger partial charge in [0, 0.05) is 29.9 Å². The van der Waals surface area contributed by atoms with Gasteiger partial charge in [0.15, 0.2) is 0 Å². The largest absolute Gasteiger partial charge is 0.512 e. The number of nitrogens with one attached hydrogen (secondary N) is 1. The van der Waals surface area contributed by atoms with Gasteiger partial charge in [-0.15, -0.1) is 0 Å². The molecular weight excluding hydrogens is 264 g/mol. The summed E-state index contributed by atoms with van der Waals surface area (Å²) in [5.74, 6) is 0.128. The maximum absolute atomic E-state index is 9.53. The van der Waals surface area contributed by atoms with Crippen molar-refractivity contribution in [3.63, 3.8) is 0 Å². The van der Waals surface area contributed by atoms with Crippen LogP contribution in [0.1, 0.15) is 30.7 Å². The van der Waals surface area contributed by atoms with E-state index in [2.05, 4.69) is 23.5 Å². The van der Waals surface area contributed by atoms with Crippen molar-refractivity contribution in [3.8, 4) is 0 Å². The zero-order chi connectivity index (χ0) is 16.2. The van der Waals surface area contributed by atoms with Gasteiger partial charge in [0.2, 0.25) is 0 Å². The molecule has 1 aromatic heterocycles. The molecule has 1 rings (SSSR count). The van der Waals surface area contributed by atoms with Crippen LogP contribution in [0.4, 0.5) is 0 Å². The van der Waals surface area contributed by atoms with Gasteiger partial charge in [-0.1, -0.05) is 27.0 Å². The van der Waals surface area contributed by atoms with Crippen LogP contribution in [0, 0.1) is 12.3 Å². The topological polar surface area (TPSA) is 97.2 Å². The molecule has 0 atom stereocenters. The molecule has 0 amide bonds. The van der Waals surface area contributed by atoms with Gasteiger partial charge in [-0.2, -0.15) is 0 Å². The number of aromatic nitrogens is 1. The van der Waals surface area contributed by atoms with Gasteiger partial charge in [0.1, 0.15) is 0 Å². The lowest BCUT2D eigenvalue weighted by molar-refractivity contribution is 0.259. The van der Waals surface area contributed by atoms with Crippen LogP contribution in [0.15, 0.2) is 37.4 Å². The molecule has 114 valence electrons. The van der Waals surface area contributed by atoms with Gasteiger partial charge in [-0.3, -0.25) is 4.98 Å². The van der Waals surface area contributed by atoms with Gasteiger partial charge in [-0.25, -0.2) is 0 Å². The van der Waals surface area contributed by atoms with Crippen molar-refractivity contribution >= 4 is 11.4 Å². The normalized spacial score (nSPS) is 12.0. The molecular formula is C16H24N4O. The minimum atomic E-state index is -0.441. The number of pyridine rings is 1. The fraction of sp³-hybridized carbons (Fsp3) is 0.312. The highest BCUT2D eigenvalue weighted by Gasteiger charge is 2.21. The zero-order valence-corrected chi connectivity index (χ0v) is 12.9. The average Bonchev–Trinajstić information content (AvgIpc) is 2.43. The second-order valence-corrected chi connectivity index (χ2v) is 5.67. The monoisotopic (exact) mass is 288 g/mol.